The lowest BCUT2D eigenvalue weighted by atomic mass is 10.0. The molecule has 14 nitrogen and oxygen atoms in total. The number of hydrogen-bond acceptors (Lipinski definition) is 10. The third-order valence-corrected chi connectivity index (χ3v) is 11.3. The van der Waals surface area contributed by atoms with E-state index in [0.717, 1.165) is 30.9 Å². The van der Waals surface area contributed by atoms with Gasteiger partial charge < -0.3 is 20.1 Å². The first-order valence-corrected chi connectivity index (χ1v) is 18.7. The predicted octanol–water partition coefficient (Wildman–Crippen LogP) is 2.03. The lowest BCUT2D eigenvalue weighted by Gasteiger charge is -2.31. The Kier molecular flexibility index (Phi) is 11.9. The van der Waals surface area contributed by atoms with Crippen LogP contribution in [-0.2, 0) is 45.6 Å². The van der Waals surface area contributed by atoms with Crippen molar-refractivity contribution in [3.63, 3.8) is 0 Å². The van der Waals surface area contributed by atoms with Gasteiger partial charge in [-0.2, -0.15) is 4.72 Å². The van der Waals surface area contributed by atoms with Gasteiger partial charge >= 0.3 is 11.9 Å². The third kappa shape index (κ3) is 8.80. The summed E-state index contributed by atoms with van der Waals surface area (Å²) >= 11 is 5.72. The first kappa shape index (κ1) is 36.6. The van der Waals surface area contributed by atoms with Gasteiger partial charge in [-0.1, -0.05) is 48.4 Å². The molecule has 2 fully saturated rings. The highest BCUT2D eigenvalue weighted by atomic mass is 35.5. The van der Waals surface area contributed by atoms with Gasteiger partial charge in [0.05, 0.1) is 30.0 Å². The molecule has 0 aromatic heterocycles. The highest BCUT2D eigenvalue weighted by Crippen LogP contribution is 2.41. The summed E-state index contributed by atoms with van der Waals surface area (Å²) in [5.41, 5.74) is 1.34. The van der Waals surface area contributed by atoms with Crippen LogP contribution >= 0.6 is 11.6 Å². The van der Waals surface area contributed by atoms with E-state index in [4.69, 9.17) is 21.5 Å². The summed E-state index contributed by atoms with van der Waals surface area (Å²) in [5, 5.41) is 20.3. The highest BCUT2D eigenvalue weighted by molar-refractivity contribution is 7.90. The first-order valence-electron chi connectivity index (χ1n) is 15.3. The van der Waals surface area contributed by atoms with Crippen LogP contribution in [0.3, 0.4) is 0 Å². The number of carbonyl (C=O) groups excluding carboxylic acids is 2. The summed E-state index contributed by atoms with van der Waals surface area (Å²) in [4.78, 5) is 38.4. The van der Waals surface area contributed by atoms with E-state index in [1.54, 1.807) is 18.7 Å². The van der Waals surface area contributed by atoms with Crippen LogP contribution in [0.25, 0.3) is 0 Å². The van der Waals surface area contributed by atoms with E-state index < -0.39 is 49.0 Å². The van der Waals surface area contributed by atoms with Gasteiger partial charge in [-0.3, -0.25) is 14.9 Å². The Labute approximate surface area is 279 Å². The predicted molar refractivity (Wildman–Crippen MR) is 173 cm³/mol. The number of rotatable bonds is 10. The smallest absolute Gasteiger partial charge is 0.326 e. The fraction of sp³-hybridized carbons (Fsp3) is 0.500. The molecule has 2 aromatic rings. The lowest BCUT2D eigenvalue weighted by molar-refractivity contribution is -0.151. The molecule has 17 heteroatoms. The molecule has 0 spiro atoms. The van der Waals surface area contributed by atoms with Crippen molar-refractivity contribution >= 4 is 55.2 Å². The number of carboxylic acid groups (broad SMARTS) is 1. The van der Waals surface area contributed by atoms with Gasteiger partial charge in [0.2, 0.25) is 26.0 Å². The van der Waals surface area contributed by atoms with Crippen molar-refractivity contribution in [3.8, 4) is 0 Å². The molecule has 5 atom stereocenters. The van der Waals surface area contributed by atoms with Crippen molar-refractivity contribution in [3.05, 3.63) is 53.1 Å². The molecule has 2 aliphatic heterocycles. The molecule has 3 aliphatic rings. The number of anilines is 1. The molecular formula is C30H40ClN5O9S2. The monoisotopic (exact) mass is 713 g/mol. The number of amides is 1. The van der Waals surface area contributed by atoms with Crippen LogP contribution in [0.1, 0.15) is 51.5 Å². The molecule has 5 rings (SSSR count). The van der Waals surface area contributed by atoms with E-state index >= 15 is 0 Å². The van der Waals surface area contributed by atoms with Crippen molar-refractivity contribution in [2.75, 3.05) is 18.6 Å². The molecule has 2 heterocycles. The van der Waals surface area contributed by atoms with E-state index in [0.29, 0.717) is 19.3 Å². The zero-order chi connectivity index (χ0) is 34.5. The molecule has 47 heavy (non-hydrogen) atoms. The van der Waals surface area contributed by atoms with Crippen LogP contribution in [0, 0.1) is 5.92 Å². The van der Waals surface area contributed by atoms with Crippen molar-refractivity contribution in [1.82, 2.24) is 14.9 Å². The number of carbonyl (C=O) groups is 3. The number of fused-ring (bicyclic) bond motifs is 2. The molecule has 1 saturated heterocycles. The summed E-state index contributed by atoms with van der Waals surface area (Å²) in [6, 6.07) is 9.91. The second-order valence-electron chi connectivity index (χ2n) is 11.6. The van der Waals surface area contributed by atoms with Crippen LogP contribution in [0.4, 0.5) is 5.69 Å². The van der Waals surface area contributed by atoms with Crippen LogP contribution in [-0.4, -0.2) is 82.1 Å². The van der Waals surface area contributed by atoms with Crippen LogP contribution in [0.2, 0.25) is 5.02 Å². The average Bonchev–Trinajstić information content (AvgIpc) is 3.61. The molecule has 6 N–H and O–H groups in total. The number of nitrogens with zero attached hydrogens (tertiary/aromatic N) is 1. The number of halogens is 1. The maximum atomic E-state index is 13.2. The number of ether oxygens (including phenoxy) is 1. The largest absolute Gasteiger partial charge is 0.480 e. The Balaban J connectivity index is 0.000000248. The number of aryl methyl sites for hydroxylation is 1. The molecule has 2 aromatic carbocycles. The van der Waals surface area contributed by atoms with Crippen LogP contribution < -0.4 is 20.5 Å². The number of hydrogen-bond donors (Lipinski definition) is 5. The fourth-order valence-corrected chi connectivity index (χ4v) is 8.59. The van der Waals surface area contributed by atoms with E-state index in [9.17, 15) is 36.3 Å². The minimum atomic E-state index is -4.07. The quantitative estimate of drug-likeness (QED) is 0.225. The lowest BCUT2D eigenvalue weighted by Crippen LogP contribution is -2.55. The number of sulfonamides is 2. The fourth-order valence-electron chi connectivity index (χ4n) is 6.31. The normalized spacial score (nSPS) is 22.5. The van der Waals surface area contributed by atoms with Crippen molar-refractivity contribution in [2.24, 2.45) is 11.1 Å². The molecular weight excluding hydrogens is 674 g/mol. The molecule has 0 bridgehead atoms. The highest BCUT2D eigenvalue weighted by Gasteiger charge is 2.49. The van der Waals surface area contributed by atoms with E-state index in [2.05, 4.69) is 15.4 Å². The van der Waals surface area contributed by atoms with Gasteiger partial charge in [0.15, 0.2) is 0 Å². The number of aliphatic carboxylic acids is 1. The Morgan fingerprint density at radius 1 is 1.19 bits per heavy atom. The molecule has 1 aliphatic carbocycles. The van der Waals surface area contributed by atoms with Gasteiger partial charge in [0, 0.05) is 6.04 Å². The van der Waals surface area contributed by atoms with Gasteiger partial charge in [-0.15, -0.1) is 0 Å². The Morgan fingerprint density at radius 2 is 1.89 bits per heavy atom. The second kappa shape index (κ2) is 15.3. The molecule has 0 unspecified atom stereocenters. The van der Waals surface area contributed by atoms with E-state index in [1.807, 2.05) is 30.3 Å². The third-order valence-electron chi connectivity index (χ3n) is 8.51. The van der Waals surface area contributed by atoms with E-state index in [-0.39, 0.29) is 52.7 Å². The zero-order valence-corrected chi connectivity index (χ0v) is 28.4. The van der Waals surface area contributed by atoms with Gasteiger partial charge in [0.25, 0.3) is 0 Å². The number of primary sulfonamides is 1. The number of esters is 1. The second-order valence-corrected chi connectivity index (χ2v) is 15.3. The summed E-state index contributed by atoms with van der Waals surface area (Å²) in [5.74, 6) is -1.31. The van der Waals surface area contributed by atoms with E-state index in [1.165, 1.54) is 6.07 Å². The molecule has 1 saturated carbocycles. The SMILES string of the molecule is CCOC(=O)[C@H](CCc1ccccc1)N[C@@H](C)C(=O)N1[C@H](C(=O)O)C[C@@H]2CCC[C@@H]21.NS(=O)(=O)c1cc2c(cc1Cl)NCNS2(=O)=O. The Morgan fingerprint density at radius 3 is 2.53 bits per heavy atom. The average molecular weight is 714 g/mol. The first-order chi connectivity index (χ1) is 22.1. The Hall–Kier alpha value is -3.28. The summed E-state index contributed by atoms with van der Waals surface area (Å²) < 4.78 is 53.1. The Bertz CT molecular complexity index is 1690. The van der Waals surface area contributed by atoms with Gasteiger partial charge in [-0.25, -0.2) is 26.8 Å². The molecule has 0 radical (unpaired) electrons. The maximum absolute atomic E-state index is 13.2. The summed E-state index contributed by atoms with van der Waals surface area (Å²) in [6.07, 6.45) is 4.54. The van der Waals surface area contributed by atoms with Gasteiger partial charge in [-0.05, 0) is 69.6 Å². The summed E-state index contributed by atoms with van der Waals surface area (Å²) in [7, 11) is -7.80. The summed E-state index contributed by atoms with van der Waals surface area (Å²) in [6.45, 7) is 3.74. The topological polar surface area (TPSA) is 214 Å². The minimum Gasteiger partial charge on any atom is -0.480 e. The number of nitrogens with two attached hydrogens (primary N) is 1. The van der Waals surface area contributed by atoms with Crippen molar-refractivity contribution < 1.29 is 41.1 Å². The number of nitrogens with one attached hydrogen (secondary N) is 3. The number of benzene rings is 2. The van der Waals surface area contributed by atoms with Crippen molar-refractivity contribution in [1.29, 1.82) is 0 Å². The van der Waals surface area contributed by atoms with Crippen LogP contribution in [0.5, 0.6) is 0 Å². The number of carboxylic acids is 1. The zero-order valence-electron chi connectivity index (χ0n) is 26.0. The van der Waals surface area contributed by atoms with Gasteiger partial charge in [0.1, 0.15) is 21.9 Å². The maximum Gasteiger partial charge on any atom is 0.326 e. The molecule has 258 valence electrons. The number of likely N-dealkylation sites (tertiary alicyclic amines) is 1. The molecule has 1 amide bonds. The van der Waals surface area contributed by atoms with Crippen LogP contribution in [0.15, 0.2) is 52.3 Å². The standard InChI is InChI=1S/C23H32N2O5.C7H8ClN3O4S2/c1-3-30-23(29)18(13-12-16-8-5-4-6-9-16)24-15(2)21(26)25-19-11-7-10-17(19)14-20(25)22(27)28;8-4-1-5-7(2-6(4)16(9,12)13)17(14,15)11-3-10-5/h4-6,8-9,15,17-20,24H,3,7,10-14H2,1-2H3,(H,27,28);1-2,10-11H,3H2,(H2,9,12,13)/t15-,17-,18-,19-,20-;/m0./s1. The minimum absolute atomic E-state index is 0.00629. The van der Waals surface area contributed by atoms with Crippen molar-refractivity contribution in [2.45, 2.75) is 86.3 Å².